The zero-order valence-corrected chi connectivity index (χ0v) is 26.3. The summed E-state index contributed by atoms with van der Waals surface area (Å²) < 4.78 is 12.9. The summed E-state index contributed by atoms with van der Waals surface area (Å²) in [6.45, 7) is 12.1. The number of rotatable bonds is 12. The Hall–Kier alpha value is -0.570. The Labute approximate surface area is 247 Å². The molecule has 40 heavy (non-hydrogen) atoms. The second-order valence-corrected chi connectivity index (χ2v) is 14.8. The Morgan fingerprint density at radius 1 is 1.23 bits per heavy atom. The van der Waals surface area contributed by atoms with Gasteiger partial charge in [0.15, 0.2) is 0 Å². The normalized spacial score (nSPS) is 37.0. The molecule has 4 aliphatic rings. The van der Waals surface area contributed by atoms with E-state index < -0.39 is 11.2 Å². The average Bonchev–Trinajstić information content (AvgIpc) is 3.03. The van der Waals surface area contributed by atoms with Crippen molar-refractivity contribution >= 4 is 11.6 Å². The molecule has 7 nitrogen and oxygen atoms in total. The molecule has 230 valence electrons. The van der Waals surface area contributed by atoms with Crippen LogP contribution in [0, 0.1) is 22.7 Å². The predicted molar refractivity (Wildman–Crippen MR) is 163 cm³/mol. The van der Waals surface area contributed by atoms with E-state index in [0.717, 1.165) is 103 Å². The largest absolute Gasteiger partial charge is 0.384 e. The van der Waals surface area contributed by atoms with Gasteiger partial charge in [0, 0.05) is 24.1 Å². The molecule has 6 unspecified atom stereocenters. The molecule has 1 saturated carbocycles. The van der Waals surface area contributed by atoms with E-state index in [1.165, 1.54) is 5.57 Å². The van der Waals surface area contributed by atoms with E-state index in [-0.39, 0.29) is 29.7 Å². The number of halogens is 1. The average molecular weight is 582 g/mol. The first-order valence-corrected chi connectivity index (χ1v) is 16.5. The second-order valence-electron chi connectivity index (χ2n) is 14.2. The fourth-order valence-corrected chi connectivity index (χ4v) is 8.65. The highest BCUT2D eigenvalue weighted by Gasteiger charge is 2.54. The molecule has 2 aliphatic heterocycles. The lowest BCUT2D eigenvalue weighted by Crippen LogP contribution is -2.55. The lowest BCUT2D eigenvalue weighted by Gasteiger charge is -2.45. The summed E-state index contributed by atoms with van der Waals surface area (Å²) >= 11 is 6.36. The number of nitrogens with zero attached hydrogens (tertiary/aromatic N) is 2. The van der Waals surface area contributed by atoms with E-state index in [1.807, 2.05) is 13.8 Å². The summed E-state index contributed by atoms with van der Waals surface area (Å²) in [6, 6.07) is 0. The molecule has 2 saturated heterocycles. The van der Waals surface area contributed by atoms with Crippen LogP contribution in [0.3, 0.4) is 0 Å². The van der Waals surface area contributed by atoms with Gasteiger partial charge in [0.05, 0.1) is 17.8 Å². The van der Waals surface area contributed by atoms with Gasteiger partial charge >= 0.3 is 0 Å². The highest BCUT2D eigenvalue weighted by atomic mass is 35.5. The van der Waals surface area contributed by atoms with Crippen LogP contribution in [0.4, 0.5) is 0 Å². The Kier molecular flexibility index (Phi) is 11.2. The Morgan fingerprint density at radius 3 is 2.73 bits per heavy atom. The number of aliphatic hydroxyl groups is 1. The van der Waals surface area contributed by atoms with Gasteiger partial charge < -0.3 is 20.3 Å². The number of allylic oxidation sites excluding steroid dienone is 1. The summed E-state index contributed by atoms with van der Waals surface area (Å²) in [4.78, 5) is 13.5. The van der Waals surface area contributed by atoms with Crippen molar-refractivity contribution in [1.82, 2.24) is 4.90 Å². The van der Waals surface area contributed by atoms with E-state index >= 15 is 0 Å². The van der Waals surface area contributed by atoms with Crippen LogP contribution < -0.4 is 5.73 Å². The molecule has 0 spiro atoms. The predicted octanol–water partition coefficient (Wildman–Crippen LogP) is 6.19. The van der Waals surface area contributed by atoms with Gasteiger partial charge in [-0.05, 0) is 141 Å². The molecule has 2 heterocycles. The smallest absolute Gasteiger partial charge is 0.110 e. The summed E-state index contributed by atoms with van der Waals surface area (Å²) in [5.41, 5.74) is 5.56. The van der Waals surface area contributed by atoms with Gasteiger partial charge in [-0.1, -0.05) is 11.3 Å². The maximum atomic E-state index is 11.9. The molecule has 3 fully saturated rings. The van der Waals surface area contributed by atoms with Gasteiger partial charge in [-0.3, -0.25) is 4.90 Å². The molecular weight excluding hydrogens is 526 g/mol. The number of ether oxygens (including phenoxy) is 2. The van der Waals surface area contributed by atoms with E-state index in [4.69, 9.17) is 26.8 Å². The number of hydrogen-bond acceptors (Lipinski definition) is 7. The van der Waals surface area contributed by atoms with Crippen molar-refractivity contribution in [3.8, 4) is 0 Å². The van der Waals surface area contributed by atoms with Gasteiger partial charge in [-0.2, -0.15) is 4.91 Å². The Bertz CT molecular complexity index is 867. The fraction of sp³-hybridized carbons (Fsp3) is 0.938. The van der Waals surface area contributed by atoms with Gasteiger partial charge in [0.1, 0.15) is 12.1 Å². The highest BCUT2D eigenvalue weighted by Crippen LogP contribution is 2.48. The van der Waals surface area contributed by atoms with Crippen LogP contribution in [-0.2, 0) is 9.47 Å². The summed E-state index contributed by atoms with van der Waals surface area (Å²) in [5.74, 6) is 1.65. The molecule has 0 aromatic carbocycles. The zero-order chi connectivity index (χ0) is 29.0. The van der Waals surface area contributed by atoms with Gasteiger partial charge in [-0.25, -0.2) is 0 Å². The minimum atomic E-state index is -0.772. The summed E-state index contributed by atoms with van der Waals surface area (Å²) in [5, 5.41) is 15.2. The first kappa shape index (κ1) is 32.3. The minimum absolute atomic E-state index is 0.140. The van der Waals surface area contributed by atoms with Crippen LogP contribution in [0.1, 0.15) is 105 Å². The number of alkyl halides is 1. The first-order chi connectivity index (χ1) is 19.0. The molecule has 4 rings (SSSR count). The van der Waals surface area contributed by atoms with Crippen molar-refractivity contribution < 1.29 is 14.6 Å². The number of likely N-dealkylation sites (tertiary alicyclic amines) is 1. The third-order valence-corrected chi connectivity index (χ3v) is 11.3. The molecule has 2 aliphatic carbocycles. The van der Waals surface area contributed by atoms with Crippen LogP contribution in [0.15, 0.2) is 16.8 Å². The van der Waals surface area contributed by atoms with Crippen molar-refractivity contribution in [3.63, 3.8) is 0 Å². The minimum Gasteiger partial charge on any atom is -0.384 e. The van der Waals surface area contributed by atoms with Crippen LogP contribution in [-0.4, -0.2) is 77.1 Å². The maximum absolute atomic E-state index is 11.9. The highest BCUT2D eigenvalue weighted by molar-refractivity contribution is 6.20. The van der Waals surface area contributed by atoms with E-state index in [9.17, 15) is 10.0 Å². The van der Waals surface area contributed by atoms with Crippen molar-refractivity contribution in [2.75, 3.05) is 32.8 Å². The molecule has 0 radical (unpaired) electrons. The molecule has 0 amide bonds. The quantitative estimate of drug-likeness (QED) is 0.162. The zero-order valence-electron chi connectivity index (χ0n) is 25.6. The van der Waals surface area contributed by atoms with Crippen LogP contribution in [0.5, 0.6) is 0 Å². The van der Waals surface area contributed by atoms with Gasteiger partial charge in [0.25, 0.3) is 0 Å². The molecule has 3 N–H and O–H groups in total. The Balaban J connectivity index is 1.43. The number of nitroso groups, excluding NO2 is 1. The molecular formula is C32H56ClN3O4. The lowest BCUT2D eigenvalue weighted by molar-refractivity contribution is -0.119. The van der Waals surface area contributed by atoms with Crippen LogP contribution in [0.25, 0.3) is 0 Å². The van der Waals surface area contributed by atoms with Crippen molar-refractivity contribution in [3.05, 3.63) is 16.6 Å². The molecule has 7 atom stereocenters. The second kappa shape index (κ2) is 13.8. The number of nitrogens with two attached hydrogens (primary N) is 1. The number of hydrogen-bond donors (Lipinski definition) is 2. The number of fused-ring (bicyclic) bond motifs is 1. The van der Waals surface area contributed by atoms with Gasteiger partial charge in [-0.15, -0.1) is 11.6 Å². The summed E-state index contributed by atoms with van der Waals surface area (Å²) in [6.07, 6.45) is 14.7. The van der Waals surface area contributed by atoms with E-state index in [2.05, 4.69) is 30.0 Å². The SMILES string of the molecule is CC(C)(CN=O)OC1CCC2OCC[C@@H](CCCN)C(CCCN3CCC(O)(C4=CCC(Cl)CC4)C3(C)C)C2C1. The van der Waals surface area contributed by atoms with E-state index in [1.54, 1.807) is 0 Å². The lowest BCUT2D eigenvalue weighted by atomic mass is 9.68. The standard InChI is InChI=1S/C32H56ClN3O4/c1-30(2,22-35-38)40-26-13-14-29-28(21-26)27(23(7-5-17-34)15-20-39-29)8-6-18-36-19-16-32(37,31(36,3)4)24-9-11-25(33)12-10-24/h9,23,25-29,37H,5-8,10-22,34H2,1-4H3/t23-,25?,26?,27?,28?,29?,32?/m1/s1. The van der Waals surface area contributed by atoms with Crippen LogP contribution in [0.2, 0.25) is 0 Å². The Morgan fingerprint density at radius 2 is 2.02 bits per heavy atom. The third kappa shape index (κ3) is 7.31. The first-order valence-electron chi connectivity index (χ1n) is 16.1. The fourth-order valence-electron chi connectivity index (χ4n) is 8.45. The molecule has 0 aromatic heterocycles. The molecule has 0 aromatic rings. The monoisotopic (exact) mass is 581 g/mol. The third-order valence-electron chi connectivity index (χ3n) is 10.9. The summed E-state index contributed by atoms with van der Waals surface area (Å²) in [7, 11) is 0. The van der Waals surface area contributed by atoms with E-state index in [0.29, 0.717) is 17.8 Å². The topological polar surface area (TPSA) is 97.4 Å². The van der Waals surface area contributed by atoms with Gasteiger partial charge in [0.2, 0.25) is 0 Å². The molecule has 0 bridgehead atoms. The van der Waals surface area contributed by atoms with Crippen molar-refractivity contribution in [2.45, 2.75) is 139 Å². The van der Waals surface area contributed by atoms with Crippen molar-refractivity contribution in [2.24, 2.45) is 28.7 Å². The van der Waals surface area contributed by atoms with Crippen molar-refractivity contribution in [1.29, 1.82) is 0 Å². The maximum Gasteiger partial charge on any atom is 0.110 e. The van der Waals surface area contributed by atoms with Crippen LogP contribution >= 0.6 is 11.6 Å². The molecule has 8 heteroatoms.